The van der Waals surface area contributed by atoms with Gasteiger partial charge in [-0.25, -0.2) is 17.8 Å². The van der Waals surface area contributed by atoms with Crippen LogP contribution < -0.4 is 0 Å². The van der Waals surface area contributed by atoms with Gasteiger partial charge in [-0.15, -0.1) is 0 Å². The van der Waals surface area contributed by atoms with E-state index < -0.39 is 15.8 Å². The molecule has 0 saturated heterocycles. The van der Waals surface area contributed by atoms with Gasteiger partial charge in [-0.3, -0.25) is 9.29 Å². The van der Waals surface area contributed by atoms with Crippen LogP contribution in [0.25, 0.3) is 22.4 Å². The Labute approximate surface area is 160 Å². The monoisotopic (exact) mass is 401 g/mol. The van der Waals surface area contributed by atoms with E-state index in [2.05, 4.69) is 9.98 Å². The average molecular weight is 402 g/mol. The number of hydrogen-bond donors (Lipinski definition) is 0. The van der Waals surface area contributed by atoms with E-state index in [1.165, 1.54) is 37.7 Å². The summed E-state index contributed by atoms with van der Waals surface area (Å²) in [6, 6.07) is 12.6. The SMILES string of the molecule is CN1C=Nc2ccc(-c3cccnc3-c3cc(Cl)ccc3F)cc2S1(=O)=O. The summed E-state index contributed by atoms with van der Waals surface area (Å²) in [5.74, 6) is -0.464. The highest BCUT2D eigenvalue weighted by Crippen LogP contribution is 2.37. The molecule has 0 radical (unpaired) electrons. The maximum atomic E-state index is 14.4. The van der Waals surface area contributed by atoms with E-state index in [-0.39, 0.29) is 10.5 Å². The van der Waals surface area contributed by atoms with Gasteiger partial charge in [-0.05, 0) is 42.0 Å². The minimum absolute atomic E-state index is 0.0892. The molecule has 2 aromatic carbocycles. The Balaban J connectivity index is 1.94. The summed E-state index contributed by atoms with van der Waals surface area (Å²) in [6.45, 7) is 0. The fourth-order valence-corrected chi connectivity index (χ4v) is 4.20. The zero-order valence-corrected chi connectivity index (χ0v) is 15.7. The maximum Gasteiger partial charge on any atom is 0.266 e. The molecule has 0 fully saturated rings. The Morgan fingerprint density at radius 3 is 2.70 bits per heavy atom. The van der Waals surface area contributed by atoms with Crippen molar-refractivity contribution in [2.24, 2.45) is 4.99 Å². The summed E-state index contributed by atoms with van der Waals surface area (Å²) >= 11 is 6.02. The highest BCUT2D eigenvalue weighted by molar-refractivity contribution is 7.89. The highest BCUT2D eigenvalue weighted by atomic mass is 35.5. The second-order valence-corrected chi connectivity index (χ2v) is 8.37. The van der Waals surface area contributed by atoms with Gasteiger partial charge >= 0.3 is 0 Å². The predicted octanol–water partition coefficient (Wildman–Crippen LogP) is 4.50. The number of halogens is 2. The van der Waals surface area contributed by atoms with Gasteiger partial charge in [-0.1, -0.05) is 23.7 Å². The number of hydrogen-bond acceptors (Lipinski definition) is 4. The van der Waals surface area contributed by atoms with Gasteiger partial charge in [0.1, 0.15) is 17.1 Å². The lowest BCUT2D eigenvalue weighted by atomic mass is 9.99. The van der Waals surface area contributed by atoms with Crippen LogP contribution in [0.4, 0.5) is 10.1 Å². The van der Waals surface area contributed by atoms with Crippen LogP contribution in [0, 0.1) is 5.82 Å². The lowest BCUT2D eigenvalue weighted by Gasteiger charge is -2.20. The largest absolute Gasteiger partial charge is 0.266 e. The molecule has 3 aromatic rings. The van der Waals surface area contributed by atoms with Crippen molar-refractivity contribution in [1.29, 1.82) is 0 Å². The molecule has 0 aliphatic carbocycles. The first kappa shape index (κ1) is 17.6. The van der Waals surface area contributed by atoms with Crippen LogP contribution in [0.3, 0.4) is 0 Å². The van der Waals surface area contributed by atoms with E-state index in [4.69, 9.17) is 11.6 Å². The molecule has 136 valence electrons. The molecule has 0 N–H and O–H groups in total. The second kappa shape index (κ2) is 6.44. The number of fused-ring (bicyclic) bond motifs is 1. The predicted molar refractivity (Wildman–Crippen MR) is 103 cm³/mol. The van der Waals surface area contributed by atoms with E-state index in [9.17, 15) is 12.8 Å². The Kier molecular flexibility index (Phi) is 4.20. The first-order valence-electron chi connectivity index (χ1n) is 7.95. The maximum absolute atomic E-state index is 14.4. The van der Waals surface area contributed by atoms with Crippen LogP contribution in [0.1, 0.15) is 0 Å². The minimum atomic E-state index is -3.68. The van der Waals surface area contributed by atoms with Crippen LogP contribution in [0.2, 0.25) is 5.02 Å². The standard InChI is InChI=1S/C19H13ClFN3O2S/c1-24-11-23-17-7-4-12(9-18(17)27(24,25)26)14-3-2-8-22-19(14)15-10-13(20)5-6-16(15)21/h2-11H,1H3. The van der Waals surface area contributed by atoms with Crippen LogP contribution in [-0.4, -0.2) is 31.1 Å². The number of aromatic nitrogens is 1. The zero-order chi connectivity index (χ0) is 19.2. The van der Waals surface area contributed by atoms with Gasteiger partial charge in [0.15, 0.2) is 0 Å². The fraction of sp³-hybridized carbons (Fsp3) is 0.0526. The quantitative estimate of drug-likeness (QED) is 0.635. The molecule has 0 saturated carbocycles. The Bertz CT molecular complexity index is 1200. The van der Waals surface area contributed by atoms with Gasteiger partial charge < -0.3 is 0 Å². The van der Waals surface area contributed by atoms with Crippen LogP contribution in [0.15, 0.2) is 64.6 Å². The van der Waals surface area contributed by atoms with Gasteiger partial charge in [0.25, 0.3) is 10.0 Å². The molecule has 0 bridgehead atoms. The molecule has 0 atom stereocenters. The van der Waals surface area contributed by atoms with E-state index in [0.717, 1.165) is 4.31 Å². The van der Waals surface area contributed by atoms with Gasteiger partial charge in [-0.2, -0.15) is 0 Å². The number of aliphatic imine (C=N–C) groups is 1. The molecule has 0 amide bonds. The summed E-state index contributed by atoms with van der Waals surface area (Å²) in [4.78, 5) is 8.53. The molecule has 4 rings (SSSR count). The summed E-state index contributed by atoms with van der Waals surface area (Å²) in [6.07, 6.45) is 2.81. The molecular weight excluding hydrogens is 389 g/mol. The van der Waals surface area contributed by atoms with Crippen molar-refractivity contribution in [2.75, 3.05) is 7.05 Å². The molecule has 2 heterocycles. The van der Waals surface area contributed by atoms with Crippen molar-refractivity contribution in [2.45, 2.75) is 4.90 Å². The minimum Gasteiger partial charge on any atom is -0.259 e. The zero-order valence-electron chi connectivity index (χ0n) is 14.1. The topological polar surface area (TPSA) is 62.6 Å². The molecule has 0 unspecified atom stereocenters. The third kappa shape index (κ3) is 2.98. The van der Waals surface area contributed by atoms with Crippen molar-refractivity contribution in [1.82, 2.24) is 9.29 Å². The van der Waals surface area contributed by atoms with Gasteiger partial charge in [0.2, 0.25) is 0 Å². The summed E-state index contributed by atoms with van der Waals surface area (Å²) in [5, 5.41) is 0.381. The van der Waals surface area contributed by atoms with E-state index in [1.54, 1.807) is 30.5 Å². The molecular formula is C19H13ClFN3O2S. The number of nitrogens with zero attached hydrogens (tertiary/aromatic N) is 3. The van der Waals surface area contributed by atoms with Crippen LogP contribution in [-0.2, 0) is 10.0 Å². The van der Waals surface area contributed by atoms with Crippen molar-refractivity contribution >= 4 is 33.7 Å². The lowest BCUT2D eigenvalue weighted by Crippen LogP contribution is -2.27. The van der Waals surface area contributed by atoms with Crippen molar-refractivity contribution in [3.8, 4) is 22.4 Å². The number of benzene rings is 2. The fourth-order valence-electron chi connectivity index (χ4n) is 2.89. The van der Waals surface area contributed by atoms with E-state index in [1.807, 2.05) is 0 Å². The molecule has 5 nitrogen and oxygen atoms in total. The Morgan fingerprint density at radius 2 is 1.89 bits per heavy atom. The van der Waals surface area contributed by atoms with Crippen molar-refractivity contribution in [3.05, 3.63) is 65.6 Å². The molecule has 27 heavy (non-hydrogen) atoms. The van der Waals surface area contributed by atoms with Gasteiger partial charge in [0, 0.05) is 29.4 Å². The van der Waals surface area contributed by atoms with E-state index >= 15 is 0 Å². The van der Waals surface area contributed by atoms with Gasteiger partial charge in [0.05, 0.1) is 11.4 Å². The molecule has 0 spiro atoms. The number of rotatable bonds is 2. The van der Waals surface area contributed by atoms with Crippen molar-refractivity contribution in [3.63, 3.8) is 0 Å². The van der Waals surface area contributed by atoms with Crippen molar-refractivity contribution < 1.29 is 12.8 Å². The third-order valence-corrected chi connectivity index (χ3v) is 6.25. The Hall–Kier alpha value is -2.77. The first-order valence-corrected chi connectivity index (χ1v) is 9.77. The normalized spacial score (nSPS) is 14.9. The number of pyridine rings is 1. The highest BCUT2D eigenvalue weighted by Gasteiger charge is 2.27. The summed E-state index contributed by atoms with van der Waals surface area (Å²) in [5.41, 5.74) is 2.16. The molecule has 1 aliphatic heterocycles. The Morgan fingerprint density at radius 1 is 1.07 bits per heavy atom. The number of sulfonamides is 1. The molecule has 1 aliphatic rings. The first-order chi connectivity index (χ1) is 12.9. The molecule has 8 heteroatoms. The summed E-state index contributed by atoms with van der Waals surface area (Å²) in [7, 11) is -2.25. The summed E-state index contributed by atoms with van der Waals surface area (Å²) < 4.78 is 40.6. The average Bonchev–Trinajstić information content (AvgIpc) is 2.67. The smallest absolute Gasteiger partial charge is 0.259 e. The second-order valence-electron chi connectivity index (χ2n) is 5.97. The lowest BCUT2D eigenvalue weighted by molar-refractivity contribution is 0.554. The van der Waals surface area contributed by atoms with E-state index in [0.29, 0.717) is 27.5 Å². The third-order valence-electron chi connectivity index (χ3n) is 4.28. The van der Waals surface area contributed by atoms with Crippen LogP contribution >= 0.6 is 11.6 Å². The van der Waals surface area contributed by atoms with Crippen LogP contribution in [0.5, 0.6) is 0 Å². The molecule has 1 aromatic heterocycles.